The Bertz CT molecular complexity index is 2260. The fourth-order valence-corrected chi connectivity index (χ4v) is 8.74. The molecule has 2 aromatic heterocycles. The first-order valence-corrected chi connectivity index (χ1v) is 20.1. The molecule has 4 aromatic rings. The highest BCUT2D eigenvalue weighted by atomic mass is 32.2. The average Bonchev–Trinajstić information content (AvgIpc) is 3.16. The van der Waals surface area contributed by atoms with E-state index in [1.807, 2.05) is 0 Å². The van der Waals surface area contributed by atoms with Crippen LogP contribution in [0.4, 0.5) is 20.2 Å². The van der Waals surface area contributed by atoms with Gasteiger partial charge < -0.3 is 29.2 Å². The fraction of sp³-hybridized carbons (Fsp3) is 0.333. The number of halogens is 2. The van der Waals surface area contributed by atoms with Gasteiger partial charge in [0.25, 0.3) is 11.1 Å². The van der Waals surface area contributed by atoms with Crippen molar-refractivity contribution in [1.82, 2.24) is 17.7 Å². The quantitative estimate of drug-likeness (QED) is 0.239. The number of rotatable bonds is 10. The Morgan fingerprint density at radius 2 is 0.982 bits per heavy atom. The molecule has 20 heteroatoms. The number of carbonyl (C=O) groups excluding carboxylic acids is 2. The maximum Gasteiger partial charge on any atom is 0.271 e. The molecule has 0 aliphatic carbocycles. The van der Waals surface area contributed by atoms with E-state index in [4.69, 9.17) is 9.47 Å². The Kier molecular flexibility index (Phi) is 13.7. The molecule has 0 spiro atoms. The second-order valence-corrected chi connectivity index (χ2v) is 16.5. The molecular formula is C36H40F2N6O10S2. The maximum absolute atomic E-state index is 13.2. The van der Waals surface area contributed by atoms with E-state index in [1.54, 1.807) is 13.8 Å². The van der Waals surface area contributed by atoms with Crippen molar-refractivity contribution < 1.29 is 44.7 Å². The lowest BCUT2D eigenvalue weighted by Gasteiger charge is -2.25. The van der Waals surface area contributed by atoms with E-state index in [0.717, 1.165) is 9.13 Å². The molecule has 0 radical (unpaired) electrons. The van der Waals surface area contributed by atoms with Crippen LogP contribution in [0.3, 0.4) is 0 Å². The summed E-state index contributed by atoms with van der Waals surface area (Å²) in [5.74, 6) is -1.91. The standard InChI is InChI=1S/2C18H20FN3O5S/c2*1-13-11-14(19)4-5-15(13)20-17(23)12-21-6-2-3-16(18(21)24)28(25,26)22-7-9-27-10-8-22/h2*2-6,11H,7-10,12H2,1H3,(H,20,23). The number of aryl methyl sites for hydroxylation is 2. The normalized spacial score (nSPS) is 15.4. The largest absolute Gasteiger partial charge is 0.379 e. The van der Waals surface area contributed by atoms with E-state index in [2.05, 4.69) is 10.6 Å². The van der Waals surface area contributed by atoms with E-state index < -0.39 is 54.6 Å². The molecule has 300 valence electrons. The summed E-state index contributed by atoms with van der Waals surface area (Å²) < 4.78 is 92.0. The smallest absolute Gasteiger partial charge is 0.271 e. The third-order valence-corrected chi connectivity index (χ3v) is 12.5. The molecule has 16 nitrogen and oxygen atoms in total. The summed E-state index contributed by atoms with van der Waals surface area (Å²) in [6.45, 7) is 4.26. The zero-order chi connectivity index (χ0) is 40.6. The van der Waals surface area contributed by atoms with Crippen LogP contribution in [0.25, 0.3) is 0 Å². The van der Waals surface area contributed by atoms with E-state index in [0.29, 0.717) is 22.5 Å². The number of morpholine rings is 2. The second-order valence-electron chi connectivity index (χ2n) is 12.7. The molecular weight excluding hydrogens is 779 g/mol. The maximum atomic E-state index is 13.2. The molecule has 2 aliphatic rings. The molecule has 4 heterocycles. The Labute approximate surface area is 321 Å². The molecule has 2 amide bonds. The highest BCUT2D eigenvalue weighted by Crippen LogP contribution is 2.18. The van der Waals surface area contributed by atoms with Crippen LogP contribution in [0, 0.1) is 25.5 Å². The summed E-state index contributed by atoms with van der Waals surface area (Å²) in [5.41, 5.74) is 0.335. The minimum absolute atomic E-state index is 0.168. The number of hydrogen-bond donors (Lipinski definition) is 2. The van der Waals surface area contributed by atoms with Gasteiger partial charge in [0.15, 0.2) is 0 Å². The van der Waals surface area contributed by atoms with Crippen LogP contribution in [0.15, 0.2) is 92.4 Å². The van der Waals surface area contributed by atoms with Crippen molar-refractivity contribution in [3.8, 4) is 0 Å². The predicted octanol–water partition coefficient (Wildman–Crippen LogP) is 1.91. The minimum atomic E-state index is -3.97. The SMILES string of the molecule is Cc1cc(F)ccc1NC(=O)Cn1cccc(S(=O)(=O)N2CCOCC2)c1=O.Cc1cc(F)ccc1NC(=O)Cn1cccc(S(=O)(=O)N2CCOCC2)c1=O. The molecule has 2 aliphatic heterocycles. The van der Waals surface area contributed by atoms with Crippen molar-refractivity contribution >= 4 is 43.2 Å². The van der Waals surface area contributed by atoms with Gasteiger partial charge in [-0.3, -0.25) is 19.2 Å². The van der Waals surface area contributed by atoms with E-state index >= 15 is 0 Å². The van der Waals surface area contributed by atoms with Crippen LogP contribution in [0.2, 0.25) is 0 Å². The van der Waals surface area contributed by atoms with Crippen LogP contribution in [0.5, 0.6) is 0 Å². The lowest BCUT2D eigenvalue weighted by atomic mass is 10.2. The van der Waals surface area contributed by atoms with Crippen molar-refractivity contribution in [1.29, 1.82) is 0 Å². The van der Waals surface area contributed by atoms with Gasteiger partial charge in [0.05, 0.1) is 26.4 Å². The summed E-state index contributed by atoms with van der Waals surface area (Å²) in [6.07, 6.45) is 2.69. The summed E-state index contributed by atoms with van der Waals surface area (Å²) in [6, 6.07) is 13.1. The number of nitrogens with zero attached hydrogens (tertiary/aromatic N) is 4. The van der Waals surface area contributed by atoms with Crippen molar-refractivity contribution in [2.45, 2.75) is 36.7 Å². The van der Waals surface area contributed by atoms with Crippen LogP contribution >= 0.6 is 0 Å². The van der Waals surface area contributed by atoms with Crippen molar-refractivity contribution in [2.24, 2.45) is 0 Å². The number of amides is 2. The number of hydrogen-bond acceptors (Lipinski definition) is 10. The predicted molar refractivity (Wildman–Crippen MR) is 200 cm³/mol. The first kappa shape index (κ1) is 42.0. The summed E-state index contributed by atoms with van der Waals surface area (Å²) in [5, 5.41) is 5.19. The molecule has 2 aromatic carbocycles. The third kappa shape index (κ3) is 10.2. The Morgan fingerprint density at radius 1 is 0.625 bits per heavy atom. The first-order chi connectivity index (χ1) is 26.6. The van der Waals surface area contributed by atoms with Gasteiger partial charge in [-0.2, -0.15) is 8.61 Å². The molecule has 0 bridgehead atoms. The fourth-order valence-electron chi connectivity index (χ4n) is 5.75. The Morgan fingerprint density at radius 3 is 1.32 bits per heavy atom. The Hall–Kier alpha value is -5.12. The van der Waals surface area contributed by atoms with Crippen LogP contribution in [0.1, 0.15) is 11.1 Å². The van der Waals surface area contributed by atoms with Crippen LogP contribution in [-0.4, -0.2) is 99.0 Å². The van der Waals surface area contributed by atoms with Gasteiger partial charge in [-0.05, 0) is 85.6 Å². The second kappa shape index (κ2) is 18.2. The third-order valence-electron chi connectivity index (χ3n) is 8.70. The summed E-state index contributed by atoms with van der Waals surface area (Å²) >= 11 is 0. The molecule has 0 saturated carbocycles. The molecule has 2 N–H and O–H groups in total. The van der Waals surface area contributed by atoms with Crippen molar-refractivity contribution in [3.05, 3.63) is 117 Å². The lowest BCUT2D eigenvalue weighted by Crippen LogP contribution is -2.43. The molecule has 6 rings (SSSR count). The number of ether oxygens (including phenoxy) is 2. The number of aromatic nitrogens is 2. The van der Waals surface area contributed by atoms with Gasteiger partial charge in [0.2, 0.25) is 31.9 Å². The van der Waals surface area contributed by atoms with Gasteiger partial charge in [-0.1, -0.05) is 0 Å². The number of pyridine rings is 2. The first-order valence-electron chi connectivity index (χ1n) is 17.2. The number of nitrogens with one attached hydrogen (secondary N) is 2. The monoisotopic (exact) mass is 818 g/mol. The number of benzene rings is 2. The van der Waals surface area contributed by atoms with Gasteiger partial charge in [-0.15, -0.1) is 0 Å². The number of sulfonamides is 2. The van der Waals surface area contributed by atoms with Gasteiger partial charge >= 0.3 is 0 Å². The topological polar surface area (TPSA) is 195 Å². The molecule has 2 fully saturated rings. The van der Waals surface area contributed by atoms with Crippen molar-refractivity contribution in [2.75, 3.05) is 63.2 Å². The lowest BCUT2D eigenvalue weighted by molar-refractivity contribution is -0.117. The van der Waals surface area contributed by atoms with Gasteiger partial charge in [0.1, 0.15) is 34.5 Å². The highest BCUT2D eigenvalue weighted by molar-refractivity contribution is 7.89. The van der Waals surface area contributed by atoms with E-state index in [9.17, 15) is 44.8 Å². The number of anilines is 2. The van der Waals surface area contributed by atoms with Crippen LogP contribution in [-0.2, 0) is 52.2 Å². The highest BCUT2D eigenvalue weighted by Gasteiger charge is 2.30. The summed E-state index contributed by atoms with van der Waals surface area (Å²) in [7, 11) is -7.95. The molecule has 2 saturated heterocycles. The Balaban J connectivity index is 0.000000214. The zero-order valence-corrected chi connectivity index (χ0v) is 32.1. The van der Waals surface area contributed by atoms with E-state index in [-0.39, 0.29) is 75.5 Å². The van der Waals surface area contributed by atoms with E-state index in [1.165, 1.54) is 81.7 Å². The van der Waals surface area contributed by atoms with Gasteiger partial charge in [0, 0.05) is 49.9 Å². The minimum Gasteiger partial charge on any atom is -0.379 e. The molecule has 0 unspecified atom stereocenters. The van der Waals surface area contributed by atoms with Gasteiger partial charge in [-0.25, -0.2) is 25.6 Å². The van der Waals surface area contributed by atoms with Crippen molar-refractivity contribution in [3.63, 3.8) is 0 Å². The average molecular weight is 819 g/mol. The molecule has 0 atom stereocenters. The summed E-state index contributed by atoms with van der Waals surface area (Å²) in [4.78, 5) is 49.1. The zero-order valence-electron chi connectivity index (χ0n) is 30.4. The number of carbonyl (C=O) groups is 2. The van der Waals surface area contributed by atoms with Crippen LogP contribution < -0.4 is 21.8 Å². The molecule has 56 heavy (non-hydrogen) atoms.